The predicted octanol–water partition coefficient (Wildman–Crippen LogP) is 2.36. The lowest BCUT2D eigenvalue weighted by Crippen LogP contribution is -2.19. The van der Waals surface area contributed by atoms with Crippen molar-refractivity contribution >= 4 is 5.82 Å². The number of aliphatic hydroxyl groups excluding tert-OH is 1. The third-order valence-corrected chi connectivity index (χ3v) is 2.60. The van der Waals surface area contributed by atoms with Crippen LogP contribution in [0, 0.1) is 0 Å². The molecule has 2 heterocycles. The molecule has 0 aromatic carbocycles. The summed E-state index contributed by atoms with van der Waals surface area (Å²) in [7, 11) is 1.93. The van der Waals surface area contributed by atoms with Crippen molar-refractivity contribution in [3.05, 3.63) is 48.0 Å². The first-order valence-electron chi connectivity index (χ1n) is 5.55. The van der Waals surface area contributed by atoms with Crippen molar-refractivity contribution in [2.75, 3.05) is 11.9 Å². The third-order valence-electron chi connectivity index (χ3n) is 2.60. The summed E-state index contributed by atoms with van der Waals surface area (Å²) >= 11 is 0. The second kappa shape index (κ2) is 5.01. The molecular weight excluding hydrogens is 216 g/mol. The molecule has 2 rings (SSSR count). The van der Waals surface area contributed by atoms with E-state index in [1.807, 2.05) is 36.2 Å². The van der Waals surface area contributed by atoms with Gasteiger partial charge >= 0.3 is 0 Å². The van der Waals surface area contributed by atoms with Crippen LogP contribution >= 0.6 is 0 Å². The van der Waals surface area contributed by atoms with Crippen LogP contribution in [-0.2, 0) is 6.54 Å². The molecule has 1 N–H and O–H groups in total. The van der Waals surface area contributed by atoms with Crippen molar-refractivity contribution in [1.29, 1.82) is 0 Å². The van der Waals surface area contributed by atoms with Gasteiger partial charge in [0, 0.05) is 18.8 Å². The van der Waals surface area contributed by atoms with Gasteiger partial charge in [-0.25, -0.2) is 4.98 Å². The molecule has 2 aromatic heterocycles. The minimum atomic E-state index is -0.530. The standard InChI is InChI=1S/C13H16N2O2/c1-10(16)12-6-3-7-14-13(12)15(2)9-11-5-4-8-17-11/h3-8,10,16H,9H2,1-2H3/t10-/m0/s1. The Kier molecular flexibility index (Phi) is 3.44. The Morgan fingerprint density at radius 2 is 2.24 bits per heavy atom. The van der Waals surface area contributed by atoms with Gasteiger partial charge in [0.05, 0.1) is 18.9 Å². The predicted molar refractivity (Wildman–Crippen MR) is 65.7 cm³/mol. The monoisotopic (exact) mass is 232 g/mol. The number of anilines is 1. The number of hydrogen-bond acceptors (Lipinski definition) is 4. The average Bonchev–Trinajstić information content (AvgIpc) is 2.81. The van der Waals surface area contributed by atoms with Gasteiger partial charge in [-0.15, -0.1) is 0 Å². The molecular formula is C13H16N2O2. The number of pyridine rings is 1. The van der Waals surface area contributed by atoms with E-state index < -0.39 is 6.10 Å². The Hall–Kier alpha value is -1.81. The third kappa shape index (κ3) is 2.65. The van der Waals surface area contributed by atoms with Crippen molar-refractivity contribution in [1.82, 2.24) is 4.98 Å². The molecule has 17 heavy (non-hydrogen) atoms. The van der Waals surface area contributed by atoms with Crippen molar-refractivity contribution in [3.8, 4) is 0 Å². The van der Waals surface area contributed by atoms with Crippen molar-refractivity contribution < 1.29 is 9.52 Å². The lowest BCUT2D eigenvalue weighted by Gasteiger charge is -2.21. The summed E-state index contributed by atoms with van der Waals surface area (Å²) in [6.45, 7) is 2.37. The van der Waals surface area contributed by atoms with E-state index in [0.29, 0.717) is 6.54 Å². The highest BCUT2D eigenvalue weighted by Crippen LogP contribution is 2.23. The van der Waals surface area contributed by atoms with E-state index in [0.717, 1.165) is 17.1 Å². The summed E-state index contributed by atoms with van der Waals surface area (Å²) in [5.41, 5.74) is 0.821. The van der Waals surface area contributed by atoms with Gasteiger partial charge in [0.25, 0.3) is 0 Å². The normalized spacial score (nSPS) is 12.4. The summed E-state index contributed by atoms with van der Waals surface area (Å²) in [5, 5.41) is 9.69. The van der Waals surface area contributed by atoms with Gasteiger partial charge in [0.15, 0.2) is 0 Å². The number of aliphatic hydroxyl groups is 1. The Balaban J connectivity index is 2.21. The van der Waals surface area contributed by atoms with Crippen LogP contribution in [0.5, 0.6) is 0 Å². The number of nitrogens with zero attached hydrogens (tertiary/aromatic N) is 2. The molecule has 0 saturated carbocycles. The number of hydrogen-bond donors (Lipinski definition) is 1. The molecule has 90 valence electrons. The van der Waals surface area contributed by atoms with Crippen LogP contribution < -0.4 is 4.90 Å². The van der Waals surface area contributed by atoms with E-state index in [9.17, 15) is 5.11 Å². The maximum atomic E-state index is 9.69. The molecule has 0 amide bonds. The summed E-state index contributed by atoms with van der Waals surface area (Å²) in [4.78, 5) is 6.26. The van der Waals surface area contributed by atoms with Crippen molar-refractivity contribution in [2.45, 2.75) is 19.6 Å². The first-order chi connectivity index (χ1) is 8.18. The molecule has 4 heteroatoms. The zero-order valence-electron chi connectivity index (χ0n) is 10.00. The first kappa shape index (κ1) is 11.7. The zero-order valence-corrected chi connectivity index (χ0v) is 10.00. The Labute approximate surface area is 101 Å². The molecule has 0 aliphatic heterocycles. The fourth-order valence-electron chi connectivity index (χ4n) is 1.77. The quantitative estimate of drug-likeness (QED) is 0.879. The van der Waals surface area contributed by atoms with E-state index in [4.69, 9.17) is 4.42 Å². The zero-order chi connectivity index (χ0) is 12.3. The second-order valence-electron chi connectivity index (χ2n) is 4.03. The summed E-state index contributed by atoms with van der Waals surface area (Å²) < 4.78 is 5.29. The Morgan fingerprint density at radius 1 is 1.41 bits per heavy atom. The largest absolute Gasteiger partial charge is 0.467 e. The van der Waals surface area contributed by atoms with Crippen LogP contribution in [0.4, 0.5) is 5.82 Å². The molecule has 4 nitrogen and oxygen atoms in total. The summed E-state index contributed by atoms with van der Waals surface area (Å²) in [5.74, 6) is 1.65. The van der Waals surface area contributed by atoms with E-state index >= 15 is 0 Å². The molecule has 0 bridgehead atoms. The molecule has 0 aliphatic rings. The average molecular weight is 232 g/mol. The van der Waals surface area contributed by atoms with Gasteiger partial charge in [-0.05, 0) is 25.1 Å². The van der Waals surface area contributed by atoms with Crippen LogP contribution in [0.15, 0.2) is 41.1 Å². The fourth-order valence-corrected chi connectivity index (χ4v) is 1.77. The SMILES string of the molecule is C[C@H](O)c1cccnc1N(C)Cc1ccco1. The highest BCUT2D eigenvalue weighted by atomic mass is 16.3. The highest BCUT2D eigenvalue weighted by Gasteiger charge is 2.13. The molecule has 0 aliphatic carbocycles. The van der Waals surface area contributed by atoms with Gasteiger partial charge in [-0.1, -0.05) is 6.07 Å². The van der Waals surface area contributed by atoms with Crippen molar-refractivity contribution in [2.24, 2.45) is 0 Å². The van der Waals surface area contributed by atoms with Crippen molar-refractivity contribution in [3.63, 3.8) is 0 Å². The topological polar surface area (TPSA) is 49.5 Å². The van der Waals surface area contributed by atoms with Crippen LogP contribution in [0.1, 0.15) is 24.4 Å². The smallest absolute Gasteiger partial charge is 0.134 e. The first-order valence-corrected chi connectivity index (χ1v) is 5.55. The summed E-state index contributed by atoms with van der Waals surface area (Å²) in [6, 6.07) is 7.48. The van der Waals surface area contributed by atoms with E-state index in [1.54, 1.807) is 19.4 Å². The van der Waals surface area contributed by atoms with E-state index in [2.05, 4.69) is 4.98 Å². The lowest BCUT2D eigenvalue weighted by atomic mass is 10.1. The molecule has 0 fully saturated rings. The summed E-state index contributed by atoms with van der Waals surface area (Å²) in [6.07, 6.45) is 2.84. The molecule has 1 atom stereocenters. The molecule has 0 radical (unpaired) electrons. The molecule has 0 spiro atoms. The van der Waals surface area contributed by atoms with Gasteiger partial charge in [-0.2, -0.15) is 0 Å². The van der Waals surface area contributed by atoms with E-state index in [-0.39, 0.29) is 0 Å². The fraction of sp³-hybridized carbons (Fsp3) is 0.308. The Bertz CT molecular complexity index is 466. The molecule has 0 unspecified atom stereocenters. The highest BCUT2D eigenvalue weighted by molar-refractivity contribution is 5.47. The number of furan rings is 1. The van der Waals surface area contributed by atoms with Gasteiger partial charge in [0.2, 0.25) is 0 Å². The second-order valence-corrected chi connectivity index (χ2v) is 4.03. The molecule has 0 saturated heterocycles. The molecule has 2 aromatic rings. The van der Waals surface area contributed by atoms with E-state index in [1.165, 1.54) is 0 Å². The lowest BCUT2D eigenvalue weighted by molar-refractivity contribution is 0.199. The number of rotatable bonds is 4. The minimum Gasteiger partial charge on any atom is -0.467 e. The maximum absolute atomic E-state index is 9.69. The van der Waals surface area contributed by atoms with Crippen LogP contribution in [0.3, 0.4) is 0 Å². The van der Waals surface area contributed by atoms with Gasteiger partial charge in [-0.3, -0.25) is 0 Å². The van der Waals surface area contributed by atoms with Crippen LogP contribution in [0.2, 0.25) is 0 Å². The maximum Gasteiger partial charge on any atom is 0.134 e. The van der Waals surface area contributed by atoms with Gasteiger partial charge in [0.1, 0.15) is 11.6 Å². The van der Waals surface area contributed by atoms with Gasteiger partial charge < -0.3 is 14.4 Å². The Morgan fingerprint density at radius 3 is 2.88 bits per heavy atom. The number of aromatic nitrogens is 1. The van der Waals surface area contributed by atoms with Crippen LogP contribution in [0.25, 0.3) is 0 Å². The van der Waals surface area contributed by atoms with Crippen LogP contribution in [-0.4, -0.2) is 17.1 Å². The minimum absolute atomic E-state index is 0.530.